The molecule has 2 heteroatoms. The minimum atomic E-state index is 0.0376. The van der Waals surface area contributed by atoms with Gasteiger partial charge in [0, 0.05) is 12.3 Å². The maximum absolute atomic E-state index is 10.3. The molecule has 16 heavy (non-hydrogen) atoms. The van der Waals surface area contributed by atoms with Crippen molar-refractivity contribution in [1.29, 1.82) is 0 Å². The predicted molar refractivity (Wildman–Crippen MR) is 65.0 cm³/mol. The van der Waals surface area contributed by atoms with Crippen LogP contribution in [-0.2, 0) is 0 Å². The van der Waals surface area contributed by atoms with Crippen LogP contribution in [0.25, 0.3) is 0 Å². The van der Waals surface area contributed by atoms with Crippen molar-refractivity contribution >= 4 is 0 Å². The summed E-state index contributed by atoms with van der Waals surface area (Å²) in [6.07, 6.45) is 9.52. The summed E-state index contributed by atoms with van der Waals surface area (Å²) in [5.41, 5.74) is 0. The van der Waals surface area contributed by atoms with Crippen molar-refractivity contribution in [2.75, 3.05) is 20.1 Å². The highest BCUT2D eigenvalue weighted by atomic mass is 16.3. The zero-order chi connectivity index (χ0) is 11.2. The molecule has 1 N–H and O–H groups in total. The maximum atomic E-state index is 10.3. The molecular weight excluding hydrogens is 198 g/mol. The van der Waals surface area contributed by atoms with E-state index >= 15 is 0 Å². The maximum Gasteiger partial charge on any atom is 0.0941 e. The van der Waals surface area contributed by atoms with Crippen LogP contribution in [0.3, 0.4) is 0 Å². The summed E-state index contributed by atoms with van der Waals surface area (Å²) >= 11 is 0. The van der Waals surface area contributed by atoms with Gasteiger partial charge in [-0.25, -0.2) is 0 Å². The van der Waals surface area contributed by atoms with Gasteiger partial charge in [0.15, 0.2) is 0 Å². The molecule has 0 radical (unpaired) electrons. The van der Waals surface area contributed by atoms with E-state index in [2.05, 4.69) is 7.05 Å². The molecule has 92 valence electrons. The lowest BCUT2D eigenvalue weighted by molar-refractivity contribution is -0.942. The Morgan fingerprint density at radius 3 is 2.38 bits per heavy atom. The first-order valence-corrected chi connectivity index (χ1v) is 7.23. The van der Waals surface area contributed by atoms with Crippen molar-refractivity contribution in [3.05, 3.63) is 0 Å². The monoisotopic (exact) mass is 224 g/mol. The molecule has 0 amide bonds. The number of likely N-dealkylation sites (tertiary alicyclic amines) is 1. The highest BCUT2D eigenvalue weighted by Gasteiger charge is 2.50. The van der Waals surface area contributed by atoms with Gasteiger partial charge in [-0.2, -0.15) is 0 Å². The highest BCUT2D eigenvalue weighted by molar-refractivity contribution is 4.94. The molecule has 1 saturated heterocycles. The van der Waals surface area contributed by atoms with Crippen molar-refractivity contribution in [2.24, 2.45) is 11.8 Å². The van der Waals surface area contributed by atoms with Gasteiger partial charge in [0.25, 0.3) is 0 Å². The largest absolute Gasteiger partial charge is 0.392 e. The zero-order valence-electron chi connectivity index (χ0n) is 10.6. The minimum absolute atomic E-state index is 0.0376. The van der Waals surface area contributed by atoms with E-state index in [4.69, 9.17) is 0 Å². The highest BCUT2D eigenvalue weighted by Crippen LogP contribution is 2.46. The number of quaternary nitrogens is 1. The lowest BCUT2D eigenvalue weighted by atomic mass is 9.80. The van der Waals surface area contributed by atoms with Crippen LogP contribution in [0.4, 0.5) is 0 Å². The Morgan fingerprint density at radius 1 is 0.938 bits per heavy atom. The summed E-state index contributed by atoms with van der Waals surface area (Å²) in [4.78, 5) is 0. The number of hydrogen-bond donors (Lipinski definition) is 1. The van der Waals surface area contributed by atoms with E-state index in [-0.39, 0.29) is 6.10 Å². The second-order valence-corrected chi connectivity index (χ2v) is 6.62. The van der Waals surface area contributed by atoms with Crippen LogP contribution in [0, 0.1) is 11.8 Å². The van der Waals surface area contributed by atoms with Crippen molar-refractivity contribution < 1.29 is 9.59 Å². The molecule has 1 heterocycles. The number of hydrogen-bond acceptors (Lipinski definition) is 1. The third kappa shape index (κ3) is 1.62. The molecule has 3 fully saturated rings. The van der Waals surface area contributed by atoms with Crippen molar-refractivity contribution in [3.63, 3.8) is 0 Å². The van der Waals surface area contributed by atoms with E-state index in [1.807, 2.05) is 0 Å². The smallest absolute Gasteiger partial charge is 0.0941 e. The molecule has 0 unspecified atom stereocenters. The van der Waals surface area contributed by atoms with Gasteiger partial charge in [-0.15, -0.1) is 0 Å². The third-order valence-electron chi connectivity index (χ3n) is 5.76. The molecule has 3 aliphatic rings. The molecule has 2 saturated carbocycles. The fourth-order valence-electron chi connectivity index (χ4n) is 4.77. The van der Waals surface area contributed by atoms with E-state index < -0.39 is 0 Å². The fraction of sp³-hybridized carbons (Fsp3) is 1.00. The molecule has 2 aliphatic carbocycles. The second kappa shape index (κ2) is 3.99. The van der Waals surface area contributed by atoms with Crippen molar-refractivity contribution in [2.45, 2.75) is 57.1 Å². The first-order valence-electron chi connectivity index (χ1n) is 7.23. The van der Waals surface area contributed by atoms with Crippen LogP contribution in [0.15, 0.2) is 0 Å². The van der Waals surface area contributed by atoms with Crippen LogP contribution >= 0.6 is 0 Å². The molecule has 4 atom stereocenters. The average molecular weight is 224 g/mol. The Hall–Kier alpha value is -0.0800. The van der Waals surface area contributed by atoms with Gasteiger partial charge >= 0.3 is 0 Å². The van der Waals surface area contributed by atoms with Crippen LogP contribution in [0.5, 0.6) is 0 Å². The second-order valence-electron chi connectivity index (χ2n) is 6.62. The number of nitrogens with zero attached hydrogens (tertiary/aromatic N) is 1. The minimum Gasteiger partial charge on any atom is -0.392 e. The molecular formula is C14H26NO+. The summed E-state index contributed by atoms with van der Waals surface area (Å²) in [6.45, 7) is 2.72. The molecule has 0 spiro atoms. The molecule has 0 aromatic rings. The number of aliphatic hydroxyl groups is 1. The van der Waals surface area contributed by atoms with E-state index in [1.165, 1.54) is 62.5 Å². The quantitative estimate of drug-likeness (QED) is 0.677. The first-order chi connectivity index (χ1) is 7.71. The van der Waals surface area contributed by atoms with Crippen molar-refractivity contribution in [3.8, 4) is 0 Å². The summed E-state index contributed by atoms with van der Waals surface area (Å²) < 4.78 is 1.27. The molecule has 1 aliphatic heterocycles. The first kappa shape index (κ1) is 11.0. The Morgan fingerprint density at radius 2 is 1.62 bits per heavy atom. The lowest BCUT2D eigenvalue weighted by Crippen LogP contribution is -2.60. The van der Waals surface area contributed by atoms with Gasteiger partial charge in [-0.3, -0.25) is 0 Å². The SMILES string of the molecule is C[N+]1([C@H]2CC[C@H]3CC[C@H]2[C@@H]3O)CCCCC1. The summed E-state index contributed by atoms with van der Waals surface area (Å²) in [7, 11) is 2.45. The molecule has 2 nitrogen and oxygen atoms in total. The van der Waals surface area contributed by atoms with Crippen LogP contribution < -0.4 is 0 Å². The molecule has 0 aromatic heterocycles. The average Bonchev–Trinajstić information content (AvgIpc) is 2.53. The Labute approximate surface area is 99.2 Å². The number of fused-ring (bicyclic) bond motifs is 2. The lowest BCUT2D eigenvalue weighted by Gasteiger charge is -2.49. The van der Waals surface area contributed by atoms with Crippen LogP contribution in [-0.4, -0.2) is 41.9 Å². The Bertz CT molecular complexity index is 259. The summed E-state index contributed by atoms with van der Waals surface area (Å²) in [5.74, 6) is 1.28. The summed E-state index contributed by atoms with van der Waals surface area (Å²) in [5, 5.41) is 10.3. The van der Waals surface area contributed by atoms with Gasteiger partial charge in [0.2, 0.25) is 0 Å². The standard InChI is InChI=1S/C14H26NO/c1-15(9-3-2-4-10-15)13-8-6-11-5-7-12(13)14(11)16/h11-14,16H,2-10H2,1H3/q+1/t11-,12-,13+,14-/m1/s1. The molecule has 3 rings (SSSR count). The Balaban J connectivity index is 1.78. The molecule has 0 aromatic carbocycles. The van der Waals surface area contributed by atoms with Crippen molar-refractivity contribution in [1.82, 2.24) is 0 Å². The zero-order valence-corrected chi connectivity index (χ0v) is 10.6. The number of rotatable bonds is 1. The van der Waals surface area contributed by atoms with Crippen LogP contribution in [0.2, 0.25) is 0 Å². The van der Waals surface area contributed by atoms with E-state index in [0.29, 0.717) is 11.8 Å². The summed E-state index contributed by atoms with van der Waals surface area (Å²) in [6, 6.07) is 0.772. The van der Waals surface area contributed by atoms with Gasteiger partial charge in [-0.1, -0.05) is 0 Å². The van der Waals surface area contributed by atoms with Gasteiger partial charge in [0.05, 0.1) is 32.3 Å². The molecule has 2 bridgehead atoms. The topological polar surface area (TPSA) is 20.2 Å². The van der Waals surface area contributed by atoms with Crippen LogP contribution in [0.1, 0.15) is 44.9 Å². The van der Waals surface area contributed by atoms with E-state index in [1.54, 1.807) is 0 Å². The fourth-order valence-corrected chi connectivity index (χ4v) is 4.77. The van der Waals surface area contributed by atoms with Gasteiger partial charge in [0.1, 0.15) is 0 Å². The number of aliphatic hydroxyl groups excluding tert-OH is 1. The van der Waals surface area contributed by atoms with E-state index in [0.717, 1.165) is 6.04 Å². The predicted octanol–water partition coefficient (Wildman–Crippen LogP) is 2.17. The van der Waals surface area contributed by atoms with Gasteiger partial charge < -0.3 is 9.59 Å². The Kier molecular flexibility index (Phi) is 2.75. The van der Waals surface area contributed by atoms with Gasteiger partial charge in [-0.05, 0) is 44.4 Å². The third-order valence-corrected chi connectivity index (χ3v) is 5.76. The van der Waals surface area contributed by atoms with E-state index in [9.17, 15) is 5.11 Å². The normalized spacial score (nSPS) is 46.9. The number of piperidine rings is 1.